The Morgan fingerprint density at radius 2 is 2.08 bits per heavy atom. The maximum atomic E-state index is 12.0. The summed E-state index contributed by atoms with van der Waals surface area (Å²) < 4.78 is 40.6. The average molecular weight is 190 g/mol. The molecule has 1 nitrogen and oxygen atoms in total. The van der Waals surface area contributed by atoms with Gasteiger partial charge >= 0.3 is 6.18 Å². The minimum atomic E-state index is -4.38. The molecule has 0 spiro atoms. The van der Waals surface area contributed by atoms with Crippen molar-refractivity contribution in [3.63, 3.8) is 0 Å². The Balaban J connectivity index is 2.69. The predicted octanol–water partition coefficient (Wildman–Crippen LogP) is 3.42. The Hall–Kier alpha value is -1.19. The van der Waals surface area contributed by atoms with E-state index in [4.69, 9.17) is 0 Å². The summed E-state index contributed by atoms with van der Waals surface area (Å²) in [5.74, 6) is -0.598. The van der Waals surface area contributed by atoms with Gasteiger partial charge in [-0.15, -0.1) is 6.58 Å². The minimum absolute atomic E-state index is 0.340. The monoisotopic (exact) mass is 190 g/mol. The van der Waals surface area contributed by atoms with Crippen molar-refractivity contribution in [3.8, 4) is 0 Å². The molecule has 0 saturated heterocycles. The van der Waals surface area contributed by atoms with E-state index in [0.29, 0.717) is 18.6 Å². The fourth-order valence-corrected chi connectivity index (χ4v) is 0.909. The number of allylic oxidation sites excluding steroid dienone is 1. The fraction of sp³-hybridized carbons (Fsp3) is 0.333. The van der Waals surface area contributed by atoms with Crippen molar-refractivity contribution >= 4 is 0 Å². The van der Waals surface area contributed by atoms with Crippen LogP contribution in [0.4, 0.5) is 13.2 Å². The van der Waals surface area contributed by atoms with Gasteiger partial charge in [-0.25, -0.2) is 0 Å². The van der Waals surface area contributed by atoms with E-state index in [2.05, 4.69) is 11.0 Å². The van der Waals surface area contributed by atoms with Crippen LogP contribution in [-0.4, -0.2) is 0 Å². The molecule has 0 aliphatic rings. The molecular weight excluding hydrogens is 181 g/mol. The number of alkyl halides is 3. The molecule has 1 heterocycles. The molecule has 0 bridgehead atoms. The lowest BCUT2D eigenvalue weighted by Crippen LogP contribution is -2.02. The van der Waals surface area contributed by atoms with Crippen LogP contribution in [0.3, 0.4) is 0 Å². The molecular formula is C9H9F3O. The number of hydrogen-bond donors (Lipinski definition) is 0. The van der Waals surface area contributed by atoms with E-state index < -0.39 is 11.9 Å². The summed E-state index contributed by atoms with van der Waals surface area (Å²) in [5.41, 5.74) is 0. The molecule has 0 saturated carbocycles. The molecule has 0 amide bonds. The molecule has 0 radical (unpaired) electrons. The van der Waals surface area contributed by atoms with Crippen molar-refractivity contribution < 1.29 is 17.6 Å². The van der Waals surface area contributed by atoms with Crippen LogP contribution in [0.5, 0.6) is 0 Å². The first-order valence-corrected chi connectivity index (χ1v) is 3.81. The van der Waals surface area contributed by atoms with Crippen molar-refractivity contribution in [3.05, 3.63) is 36.3 Å². The fourth-order valence-electron chi connectivity index (χ4n) is 0.909. The summed E-state index contributed by atoms with van der Waals surface area (Å²) in [6.45, 7) is 3.47. The van der Waals surface area contributed by atoms with Crippen molar-refractivity contribution in [2.45, 2.75) is 19.0 Å². The standard InChI is InChI=1S/C9H9F3O/c1-2-3-4-7-5-6-8(13-7)9(10,11)12/h2,5-6H,1,3-4H2. The van der Waals surface area contributed by atoms with Gasteiger partial charge in [0.1, 0.15) is 5.76 Å². The van der Waals surface area contributed by atoms with Crippen molar-refractivity contribution in [2.24, 2.45) is 0 Å². The number of rotatable bonds is 3. The van der Waals surface area contributed by atoms with Crippen LogP contribution in [0.15, 0.2) is 29.2 Å². The summed E-state index contributed by atoms with van der Waals surface area (Å²) in [4.78, 5) is 0. The Kier molecular flexibility index (Phi) is 2.80. The van der Waals surface area contributed by atoms with Crippen LogP contribution in [-0.2, 0) is 12.6 Å². The first-order chi connectivity index (χ1) is 6.04. The number of furan rings is 1. The van der Waals surface area contributed by atoms with Crippen molar-refractivity contribution in [1.82, 2.24) is 0 Å². The van der Waals surface area contributed by atoms with E-state index in [-0.39, 0.29) is 0 Å². The Bertz CT molecular complexity index is 285. The van der Waals surface area contributed by atoms with Crippen molar-refractivity contribution in [1.29, 1.82) is 0 Å². The second-order valence-corrected chi connectivity index (χ2v) is 2.59. The number of halogens is 3. The lowest BCUT2D eigenvalue weighted by molar-refractivity contribution is -0.153. The van der Waals surface area contributed by atoms with E-state index in [1.165, 1.54) is 6.07 Å². The van der Waals surface area contributed by atoms with Gasteiger partial charge in [-0.2, -0.15) is 13.2 Å². The highest BCUT2D eigenvalue weighted by atomic mass is 19.4. The molecule has 1 aromatic heterocycles. The van der Waals surface area contributed by atoms with Gasteiger partial charge in [0, 0.05) is 6.42 Å². The molecule has 4 heteroatoms. The van der Waals surface area contributed by atoms with Gasteiger partial charge in [0.25, 0.3) is 0 Å². The van der Waals surface area contributed by atoms with Crippen LogP contribution in [0, 0.1) is 0 Å². The third kappa shape index (κ3) is 2.65. The van der Waals surface area contributed by atoms with Gasteiger partial charge < -0.3 is 4.42 Å². The molecule has 0 atom stereocenters. The molecule has 1 aromatic rings. The van der Waals surface area contributed by atoms with Crippen LogP contribution in [0.25, 0.3) is 0 Å². The first-order valence-electron chi connectivity index (χ1n) is 3.81. The lowest BCUT2D eigenvalue weighted by atomic mass is 10.2. The molecule has 0 unspecified atom stereocenters. The number of hydrogen-bond acceptors (Lipinski definition) is 1. The van der Waals surface area contributed by atoms with Crippen LogP contribution in [0.1, 0.15) is 17.9 Å². The Morgan fingerprint density at radius 1 is 1.38 bits per heavy atom. The normalized spacial score (nSPS) is 11.6. The molecule has 0 aliphatic heterocycles. The summed E-state index contributed by atoms with van der Waals surface area (Å²) in [7, 11) is 0. The number of aryl methyl sites for hydroxylation is 1. The third-order valence-electron chi connectivity index (χ3n) is 1.54. The van der Waals surface area contributed by atoms with E-state index in [0.717, 1.165) is 6.07 Å². The average Bonchev–Trinajstić information content (AvgIpc) is 2.47. The second kappa shape index (κ2) is 3.68. The van der Waals surface area contributed by atoms with Gasteiger partial charge in [0.15, 0.2) is 0 Å². The van der Waals surface area contributed by atoms with Gasteiger partial charge in [0.2, 0.25) is 5.76 Å². The molecule has 0 aliphatic carbocycles. The molecule has 0 N–H and O–H groups in total. The summed E-state index contributed by atoms with van der Waals surface area (Å²) in [5, 5.41) is 0. The summed E-state index contributed by atoms with van der Waals surface area (Å²) >= 11 is 0. The molecule has 1 rings (SSSR count). The predicted molar refractivity (Wildman–Crippen MR) is 42.2 cm³/mol. The quantitative estimate of drug-likeness (QED) is 0.665. The molecule has 0 fully saturated rings. The SMILES string of the molecule is C=CCCc1ccc(C(F)(F)F)o1. The minimum Gasteiger partial charge on any atom is -0.457 e. The first kappa shape index (κ1) is 9.89. The van der Waals surface area contributed by atoms with Gasteiger partial charge in [-0.3, -0.25) is 0 Å². The van der Waals surface area contributed by atoms with Gasteiger partial charge in [-0.05, 0) is 18.6 Å². The lowest BCUT2D eigenvalue weighted by Gasteiger charge is -2.00. The zero-order valence-electron chi connectivity index (χ0n) is 6.90. The highest BCUT2D eigenvalue weighted by Crippen LogP contribution is 2.30. The molecule has 72 valence electrons. The smallest absolute Gasteiger partial charge is 0.449 e. The van der Waals surface area contributed by atoms with Gasteiger partial charge in [0.05, 0.1) is 0 Å². The van der Waals surface area contributed by atoms with Crippen LogP contribution < -0.4 is 0 Å². The van der Waals surface area contributed by atoms with Crippen LogP contribution >= 0.6 is 0 Å². The molecule has 13 heavy (non-hydrogen) atoms. The third-order valence-corrected chi connectivity index (χ3v) is 1.54. The zero-order valence-corrected chi connectivity index (χ0v) is 6.90. The van der Waals surface area contributed by atoms with Crippen LogP contribution in [0.2, 0.25) is 0 Å². The van der Waals surface area contributed by atoms with E-state index in [1.54, 1.807) is 6.08 Å². The van der Waals surface area contributed by atoms with Gasteiger partial charge in [-0.1, -0.05) is 6.08 Å². The summed E-state index contributed by atoms with van der Waals surface area (Å²) in [6.07, 6.45) is -1.67. The Morgan fingerprint density at radius 3 is 2.54 bits per heavy atom. The zero-order chi connectivity index (χ0) is 9.90. The maximum Gasteiger partial charge on any atom is 0.449 e. The van der Waals surface area contributed by atoms with E-state index >= 15 is 0 Å². The maximum absolute atomic E-state index is 12.0. The summed E-state index contributed by atoms with van der Waals surface area (Å²) in [6, 6.07) is 2.28. The highest BCUT2D eigenvalue weighted by molar-refractivity contribution is 5.10. The largest absolute Gasteiger partial charge is 0.457 e. The Labute approximate surface area is 73.9 Å². The highest BCUT2D eigenvalue weighted by Gasteiger charge is 2.34. The van der Waals surface area contributed by atoms with E-state index in [1.807, 2.05) is 0 Å². The van der Waals surface area contributed by atoms with Crippen molar-refractivity contribution in [2.75, 3.05) is 0 Å². The molecule has 0 aromatic carbocycles. The topological polar surface area (TPSA) is 13.1 Å². The second-order valence-electron chi connectivity index (χ2n) is 2.59. The van der Waals surface area contributed by atoms with E-state index in [9.17, 15) is 13.2 Å².